The molecule has 4 aromatic rings. The molecule has 10 heteroatoms. The van der Waals surface area contributed by atoms with E-state index in [-0.39, 0.29) is 23.2 Å². The summed E-state index contributed by atoms with van der Waals surface area (Å²) in [6.45, 7) is 0. The Bertz CT molecular complexity index is 1240. The number of anilines is 1. The second-order valence-corrected chi connectivity index (χ2v) is 6.66. The predicted molar refractivity (Wildman–Crippen MR) is 112 cm³/mol. The number of amides is 1. The van der Waals surface area contributed by atoms with Crippen molar-refractivity contribution in [3.05, 3.63) is 93.5 Å². The Hall–Kier alpha value is -4.24. The fourth-order valence-electron chi connectivity index (χ4n) is 2.65. The zero-order valence-electron chi connectivity index (χ0n) is 15.7. The van der Waals surface area contributed by atoms with Crippen molar-refractivity contribution in [2.75, 3.05) is 5.32 Å². The summed E-state index contributed by atoms with van der Waals surface area (Å²) < 4.78 is 11.2. The summed E-state index contributed by atoms with van der Waals surface area (Å²) in [5, 5.41) is 21.5. The minimum atomic E-state index is -0.511. The molecule has 0 saturated heterocycles. The monoisotopic (exact) mass is 436 g/mol. The third kappa shape index (κ3) is 4.68. The Labute approximate surface area is 180 Å². The fraction of sp³-hybridized carbons (Fsp3) is 0. The average Bonchev–Trinajstić information content (AvgIpc) is 3.24. The minimum absolute atomic E-state index is 0.0610. The molecule has 31 heavy (non-hydrogen) atoms. The van der Waals surface area contributed by atoms with Crippen molar-refractivity contribution in [2.45, 2.75) is 0 Å². The highest BCUT2D eigenvalue weighted by atomic mass is 35.5. The van der Waals surface area contributed by atoms with E-state index in [0.717, 1.165) is 0 Å². The van der Waals surface area contributed by atoms with Gasteiger partial charge in [0, 0.05) is 22.7 Å². The zero-order chi connectivity index (χ0) is 21.8. The van der Waals surface area contributed by atoms with Crippen LogP contribution in [0.15, 0.2) is 77.2 Å². The summed E-state index contributed by atoms with van der Waals surface area (Å²) in [4.78, 5) is 23.0. The van der Waals surface area contributed by atoms with Gasteiger partial charge in [-0.2, -0.15) is 0 Å². The van der Waals surface area contributed by atoms with Gasteiger partial charge in [0.15, 0.2) is 0 Å². The van der Waals surface area contributed by atoms with Crippen LogP contribution in [0, 0.1) is 10.1 Å². The molecule has 9 nitrogen and oxygen atoms in total. The number of nitro groups is 1. The summed E-state index contributed by atoms with van der Waals surface area (Å²) in [5.74, 6) is 0.444. The number of ether oxygens (including phenoxy) is 1. The van der Waals surface area contributed by atoms with Crippen LogP contribution in [0.4, 0.5) is 11.7 Å². The highest BCUT2D eigenvalue weighted by Crippen LogP contribution is 2.28. The molecule has 1 amide bonds. The lowest BCUT2D eigenvalue weighted by Gasteiger charge is -2.10. The van der Waals surface area contributed by atoms with Crippen LogP contribution in [0.5, 0.6) is 11.5 Å². The van der Waals surface area contributed by atoms with E-state index in [9.17, 15) is 14.9 Å². The van der Waals surface area contributed by atoms with Crippen LogP contribution in [0.25, 0.3) is 11.5 Å². The summed E-state index contributed by atoms with van der Waals surface area (Å²) in [5.41, 5.74) is 0.673. The average molecular weight is 437 g/mol. The van der Waals surface area contributed by atoms with Crippen LogP contribution in [0.2, 0.25) is 5.02 Å². The number of halogens is 1. The number of hydrogen-bond donors (Lipinski definition) is 1. The number of nitrogens with zero attached hydrogens (tertiary/aromatic N) is 3. The van der Waals surface area contributed by atoms with Crippen molar-refractivity contribution in [3.63, 3.8) is 0 Å². The molecule has 1 heterocycles. The van der Waals surface area contributed by atoms with Gasteiger partial charge in [-0.1, -0.05) is 28.8 Å². The van der Waals surface area contributed by atoms with Gasteiger partial charge in [0.2, 0.25) is 5.89 Å². The fourth-order valence-corrected chi connectivity index (χ4v) is 2.78. The lowest BCUT2D eigenvalue weighted by molar-refractivity contribution is -0.384. The Morgan fingerprint density at radius 3 is 2.42 bits per heavy atom. The molecule has 0 aliphatic rings. The normalized spacial score (nSPS) is 10.5. The number of rotatable bonds is 6. The van der Waals surface area contributed by atoms with Gasteiger partial charge in [0.25, 0.3) is 11.6 Å². The van der Waals surface area contributed by atoms with Crippen molar-refractivity contribution in [3.8, 4) is 23.0 Å². The minimum Gasteiger partial charge on any atom is -0.457 e. The van der Waals surface area contributed by atoms with Crippen molar-refractivity contribution in [2.24, 2.45) is 0 Å². The molecule has 0 bridgehead atoms. The smallest absolute Gasteiger partial charge is 0.322 e. The number of benzene rings is 3. The first-order valence-corrected chi connectivity index (χ1v) is 9.29. The van der Waals surface area contributed by atoms with Gasteiger partial charge in [0.05, 0.1) is 10.5 Å². The molecular weight excluding hydrogens is 424 g/mol. The Kier molecular flexibility index (Phi) is 5.59. The van der Waals surface area contributed by atoms with Crippen LogP contribution >= 0.6 is 11.6 Å². The molecule has 0 aliphatic heterocycles. The van der Waals surface area contributed by atoms with Crippen LogP contribution in [0.3, 0.4) is 0 Å². The number of nitrogens with one attached hydrogen (secondary N) is 1. The molecule has 154 valence electrons. The molecule has 0 atom stereocenters. The second-order valence-electron chi connectivity index (χ2n) is 6.22. The highest BCUT2D eigenvalue weighted by molar-refractivity contribution is 6.30. The van der Waals surface area contributed by atoms with E-state index in [2.05, 4.69) is 15.5 Å². The van der Waals surface area contributed by atoms with Gasteiger partial charge in [0.1, 0.15) is 11.5 Å². The number of nitro benzene ring substituents is 1. The standard InChI is InChI=1S/C21H13ClN4O5/c22-14-7-11-16(12-8-14)30-18-4-2-1-3-17(18)19(27)23-21-25-24-20(31-21)13-5-9-15(10-6-13)26(28)29/h1-12H,(H,23,25,27). The van der Waals surface area contributed by atoms with Gasteiger partial charge in [-0.25, -0.2) is 0 Å². The molecule has 0 radical (unpaired) electrons. The number of carbonyl (C=O) groups excluding carboxylic acids is 1. The zero-order valence-corrected chi connectivity index (χ0v) is 16.4. The van der Waals surface area contributed by atoms with Crippen molar-refractivity contribution >= 4 is 29.2 Å². The molecule has 0 saturated carbocycles. The Morgan fingerprint density at radius 2 is 1.71 bits per heavy atom. The summed E-state index contributed by atoms with van der Waals surface area (Å²) in [6.07, 6.45) is 0. The molecule has 1 aromatic heterocycles. The van der Waals surface area contributed by atoms with E-state index in [1.165, 1.54) is 24.3 Å². The van der Waals surface area contributed by atoms with E-state index in [4.69, 9.17) is 20.8 Å². The SMILES string of the molecule is O=C(Nc1nnc(-c2ccc([N+](=O)[O-])cc2)o1)c1ccccc1Oc1ccc(Cl)cc1. The summed E-state index contributed by atoms with van der Waals surface area (Å²) >= 11 is 5.88. The Morgan fingerprint density at radius 1 is 1.00 bits per heavy atom. The lowest BCUT2D eigenvalue weighted by atomic mass is 10.2. The predicted octanol–water partition coefficient (Wildman–Crippen LogP) is 5.34. The summed E-state index contributed by atoms with van der Waals surface area (Å²) in [7, 11) is 0. The van der Waals surface area contributed by atoms with Gasteiger partial charge < -0.3 is 9.15 Å². The van der Waals surface area contributed by atoms with Gasteiger partial charge in [-0.15, -0.1) is 5.10 Å². The maximum atomic E-state index is 12.7. The number of carbonyl (C=O) groups is 1. The first-order valence-electron chi connectivity index (χ1n) is 8.92. The number of aromatic nitrogens is 2. The van der Waals surface area contributed by atoms with Crippen LogP contribution in [0.1, 0.15) is 10.4 Å². The molecule has 0 fully saturated rings. The van der Waals surface area contributed by atoms with Gasteiger partial charge in [-0.3, -0.25) is 20.2 Å². The molecule has 1 N–H and O–H groups in total. The van der Waals surface area contributed by atoms with Crippen LogP contribution < -0.4 is 10.1 Å². The van der Waals surface area contributed by atoms with Gasteiger partial charge >= 0.3 is 6.01 Å². The molecule has 0 unspecified atom stereocenters. The van der Waals surface area contributed by atoms with Crippen molar-refractivity contribution < 1.29 is 18.9 Å². The molecule has 0 spiro atoms. The third-order valence-electron chi connectivity index (χ3n) is 4.14. The molecule has 4 rings (SSSR count). The largest absolute Gasteiger partial charge is 0.457 e. The maximum absolute atomic E-state index is 12.7. The lowest BCUT2D eigenvalue weighted by Crippen LogP contribution is -2.13. The third-order valence-corrected chi connectivity index (χ3v) is 4.40. The number of non-ortho nitro benzene ring substituents is 1. The van der Waals surface area contributed by atoms with E-state index in [1.54, 1.807) is 48.5 Å². The van der Waals surface area contributed by atoms with Crippen LogP contribution in [-0.4, -0.2) is 21.0 Å². The maximum Gasteiger partial charge on any atom is 0.322 e. The van der Waals surface area contributed by atoms with E-state index >= 15 is 0 Å². The van der Waals surface area contributed by atoms with E-state index < -0.39 is 10.8 Å². The summed E-state index contributed by atoms with van der Waals surface area (Å²) in [6, 6.07) is 18.9. The topological polar surface area (TPSA) is 120 Å². The van der Waals surface area contributed by atoms with Crippen molar-refractivity contribution in [1.29, 1.82) is 0 Å². The molecular formula is C21H13ClN4O5. The molecule has 0 aliphatic carbocycles. The highest BCUT2D eigenvalue weighted by Gasteiger charge is 2.17. The quantitative estimate of drug-likeness (QED) is 0.319. The number of para-hydroxylation sites is 1. The first-order chi connectivity index (χ1) is 15.0. The van der Waals surface area contributed by atoms with Crippen molar-refractivity contribution in [1.82, 2.24) is 10.2 Å². The first kappa shape index (κ1) is 20.0. The van der Waals surface area contributed by atoms with Crippen LogP contribution in [-0.2, 0) is 0 Å². The van der Waals surface area contributed by atoms with Gasteiger partial charge in [-0.05, 0) is 48.5 Å². The second kappa shape index (κ2) is 8.64. The Balaban J connectivity index is 1.50. The van der Waals surface area contributed by atoms with E-state index in [1.807, 2.05) is 0 Å². The van der Waals surface area contributed by atoms with E-state index in [0.29, 0.717) is 22.1 Å². The molecule has 3 aromatic carbocycles. The number of hydrogen-bond acceptors (Lipinski definition) is 7.